The number of halogens is 1. The smallest absolute Gasteiger partial charge is 0.122 e. The molecule has 0 heterocycles. The van der Waals surface area contributed by atoms with Crippen LogP contribution in [0.25, 0.3) is 0 Å². The van der Waals surface area contributed by atoms with Crippen LogP contribution < -0.4 is 4.74 Å². The molecule has 0 unspecified atom stereocenters. The monoisotopic (exact) mass is 318 g/mol. The fourth-order valence-electron chi connectivity index (χ4n) is 1.83. The number of thioether (sulfide) groups is 1. The molecule has 4 heteroatoms. The fraction of sp³-hybridized carbons (Fsp3) is 0.176. The Kier molecular flexibility index (Phi) is 6.01. The van der Waals surface area contributed by atoms with Gasteiger partial charge in [0.2, 0.25) is 0 Å². The lowest BCUT2D eigenvalue weighted by Gasteiger charge is -2.09. The van der Waals surface area contributed by atoms with Crippen molar-refractivity contribution in [3.63, 3.8) is 0 Å². The molecule has 0 spiro atoms. The molecule has 2 aromatic carbocycles. The first kappa shape index (κ1) is 15.8. The topological polar surface area (TPSA) is 29.5 Å². The van der Waals surface area contributed by atoms with E-state index in [1.807, 2.05) is 42.5 Å². The summed E-state index contributed by atoms with van der Waals surface area (Å²) in [5, 5.41) is 9.49. The zero-order valence-electron chi connectivity index (χ0n) is 11.6. The lowest BCUT2D eigenvalue weighted by molar-refractivity contribution is 0.350. The number of aliphatic hydroxyl groups is 1. The van der Waals surface area contributed by atoms with E-state index in [0.717, 1.165) is 32.5 Å². The predicted octanol–water partition coefficient (Wildman–Crippen LogP) is 3.98. The average molecular weight is 319 g/mol. The standard InChI is InChI=1S/C17H15ClO2S/c1-20-17-8-7-13(4-3-9-19)10-14(17)12-21-16-6-2-5-15(18)11-16/h2,5-8,10-11,19H,9,12H2,1H3. The largest absolute Gasteiger partial charge is 0.496 e. The van der Waals surface area contributed by atoms with Gasteiger partial charge in [-0.15, -0.1) is 11.8 Å². The van der Waals surface area contributed by atoms with Crippen molar-refractivity contribution in [2.75, 3.05) is 13.7 Å². The third-order valence-electron chi connectivity index (χ3n) is 2.78. The van der Waals surface area contributed by atoms with Gasteiger partial charge < -0.3 is 9.84 Å². The highest BCUT2D eigenvalue weighted by molar-refractivity contribution is 7.98. The molecule has 0 bridgehead atoms. The van der Waals surface area contributed by atoms with Gasteiger partial charge in [-0.3, -0.25) is 0 Å². The molecule has 2 aromatic rings. The number of benzene rings is 2. The van der Waals surface area contributed by atoms with Crippen LogP contribution in [0, 0.1) is 11.8 Å². The molecule has 0 saturated heterocycles. The molecule has 0 aliphatic rings. The highest BCUT2D eigenvalue weighted by atomic mass is 35.5. The van der Waals surface area contributed by atoms with E-state index in [1.54, 1.807) is 18.9 Å². The zero-order chi connectivity index (χ0) is 15.1. The van der Waals surface area contributed by atoms with Crippen molar-refractivity contribution in [3.05, 3.63) is 58.6 Å². The lowest BCUT2D eigenvalue weighted by Crippen LogP contribution is -1.92. The van der Waals surface area contributed by atoms with Gasteiger partial charge in [0.05, 0.1) is 7.11 Å². The maximum atomic E-state index is 8.76. The van der Waals surface area contributed by atoms with Crippen LogP contribution in [-0.2, 0) is 5.75 Å². The molecular weight excluding hydrogens is 304 g/mol. The molecule has 0 amide bonds. The summed E-state index contributed by atoms with van der Waals surface area (Å²) in [6, 6.07) is 13.5. The second kappa shape index (κ2) is 7.99. The van der Waals surface area contributed by atoms with E-state index < -0.39 is 0 Å². The molecule has 0 radical (unpaired) electrons. The molecule has 21 heavy (non-hydrogen) atoms. The van der Waals surface area contributed by atoms with Crippen LogP contribution in [0.1, 0.15) is 11.1 Å². The van der Waals surface area contributed by atoms with Crippen molar-refractivity contribution < 1.29 is 9.84 Å². The van der Waals surface area contributed by atoms with E-state index in [2.05, 4.69) is 11.8 Å². The molecule has 2 rings (SSSR count). The van der Waals surface area contributed by atoms with Gasteiger partial charge in [-0.2, -0.15) is 0 Å². The number of hydrogen-bond donors (Lipinski definition) is 1. The Hall–Kier alpha value is -1.60. The number of hydrogen-bond acceptors (Lipinski definition) is 3. The molecule has 0 atom stereocenters. The number of methoxy groups -OCH3 is 1. The minimum Gasteiger partial charge on any atom is -0.496 e. The summed E-state index contributed by atoms with van der Waals surface area (Å²) in [6.45, 7) is -0.140. The Bertz CT molecular complexity index is 674. The summed E-state index contributed by atoms with van der Waals surface area (Å²) < 4.78 is 5.38. The third-order valence-corrected chi connectivity index (χ3v) is 4.06. The maximum absolute atomic E-state index is 8.76. The molecule has 0 fully saturated rings. The Morgan fingerprint density at radius 1 is 1.24 bits per heavy atom. The highest BCUT2D eigenvalue weighted by Crippen LogP contribution is 2.29. The molecule has 0 aliphatic carbocycles. The van der Waals surface area contributed by atoms with E-state index >= 15 is 0 Å². The molecule has 108 valence electrons. The van der Waals surface area contributed by atoms with Crippen LogP contribution in [0.15, 0.2) is 47.4 Å². The summed E-state index contributed by atoms with van der Waals surface area (Å²) in [5.74, 6) is 7.15. The van der Waals surface area contributed by atoms with Gasteiger partial charge in [-0.05, 0) is 36.4 Å². The average Bonchev–Trinajstić information content (AvgIpc) is 2.51. The van der Waals surface area contributed by atoms with Gasteiger partial charge in [0.15, 0.2) is 0 Å². The zero-order valence-corrected chi connectivity index (χ0v) is 13.2. The van der Waals surface area contributed by atoms with Crippen LogP contribution in [0.2, 0.25) is 5.02 Å². The van der Waals surface area contributed by atoms with Crippen molar-refractivity contribution in [2.45, 2.75) is 10.6 Å². The summed E-state index contributed by atoms with van der Waals surface area (Å²) in [5.41, 5.74) is 1.93. The second-order valence-electron chi connectivity index (χ2n) is 4.23. The van der Waals surface area contributed by atoms with E-state index in [4.69, 9.17) is 21.4 Å². The molecule has 0 aromatic heterocycles. The normalized spacial score (nSPS) is 9.86. The first-order chi connectivity index (χ1) is 10.2. The van der Waals surface area contributed by atoms with E-state index in [-0.39, 0.29) is 6.61 Å². The SMILES string of the molecule is COc1ccc(C#CCO)cc1CSc1cccc(Cl)c1. The van der Waals surface area contributed by atoms with Crippen LogP contribution in [-0.4, -0.2) is 18.8 Å². The second-order valence-corrected chi connectivity index (χ2v) is 5.72. The minimum absolute atomic E-state index is 0.140. The lowest BCUT2D eigenvalue weighted by atomic mass is 10.1. The van der Waals surface area contributed by atoms with Crippen molar-refractivity contribution >= 4 is 23.4 Å². The Labute approximate surface area is 134 Å². The van der Waals surface area contributed by atoms with Gasteiger partial charge in [-0.1, -0.05) is 29.5 Å². The van der Waals surface area contributed by atoms with E-state index in [1.165, 1.54) is 0 Å². The summed E-state index contributed by atoms with van der Waals surface area (Å²) in [7, 11) is 1.65. The summed E-state index contributed by atoms with van der Waals surface area (Å²) in [4.78, 5) is 1.11. The molecular formula is C17H15ClO2S. The Morgan fingerprint density at radius 3 is 2.81 bits per heavy atom. The molecule has 0 aliphatic heterocycles. The summed E-state index contributed by atoms with van der Waals surface area (Å²) >= 11 is 7.68. The van der Waals surface area contributed by atoms with Gasteiger partial charge in [0.1, 0.15) is 12.4 Å². The van der Waals surface area contributed by atoms with Gasteiger partial charge in [0, 0.05) is 26.8 Å². The Balaban J connectivity index is 2.17. The van der Waals surface area contributed by atoms with E-state index in [0.29, 0.717) is 0 Å². The van der Waals surface area contributed by atoms with Gasteiger partial charge >= 0.3 is 0 Å². The number of ether oxygens (including phenoxy) is 1. The minimum atomic E-state index is -0.140. The highest BCUT2D eigenvalue weighted by Gasteiger charge is 2.05. The number of rotatable bonds is 4. The van der Waals surface area contributed by atoms with Crippen LogP contribution in [0.5, 0.6) is 5.75 Å². The number of aliphatic hydroxyl groups excluding tert-OH is 1. The van der Waals surface area contributed by atoms with E-state index in [9.17, 15) is 0 Å². The van der Waals surface area contributed by atoms with Crippen molar-refractivity contribution in [1.29, 1.82) is 0 Å². The van der Waals surface area contributed by atoms with Gasteiger partial charge in [0.25, 0.3) is 0 Å². The summed E-state index contributed by atoms with van der Waals surface area (Å²) in [6.07, 6.45) is 0. The predicted molar refractivity (Wildman–Crippen MR) is 88.0 cm³/mol. The third kappa shape index (κ3) is 4.71. The van der Waals surface area contributed by atoms with Crippen molar-refractivity contribution in [3.8, 4) is 17.6 Å². The van der Waals surface area contributed by atoms with Crippen LogP contribution in [0.3, 0.4) is 0 Å². The van der Waals surface area contributed by atoms with Crippen molar-refractivity contribution in [1.82, 2.24) is 0 Å². The molecule has 2 nitrogen and oxygen atoms in total. The maximum Gasteiger partial charge on any atom is 0.122 e. The first-order valence-electron chi connectivity index (χ1n) is 6.38. The molecule has 0 saturated carbocycles. The molecule has 1 N–H and O–H groups in total. The Morgan fingerprint density at radius 2 is 2.10 bits per heavy atom. The quantitative estimate of drug-likeness (QED) is 0.683. The van der Waals surface area contributed by atoms with Crippen LogP contribution in [0.4, 0.5) is 0 Å². The van der Waals surface area contributed by atoms with Gasteiger partial charge in [-0.25, -0.2) is 0 Å². The van der Waals surface area contributed by atoms with Crippen LogP contribution >= 0.6 is 23.4 Å². The van der Waals surface area contributed by atoms with Crippen molar-refractivity contribution in [2.24, 2.45) is 0 Å². The first-order valence-corrected chi connectivity index (χ1v) is 7.74. The fourth-order valence-corrected chi connectivity index (χ4v) is 3.02.